The van der Waals surface area contributed by atoms with Gasteiger partial charge in [0.1, 0.15) is 12.4 Å². The van der Waals surface area contributed by atoms with E-state index >= 15 is 0 Å². The first-order valence-corrected chi connectivity index (χ1v) is 5.09. The van der Waals surface area contributed by atoms with E-state index in [1.165, 1.54) is 0 Å². The van der Waals surface area contributed by atoms with Crippen molar-refractivity contribution in [1.29, 1.82) is 0 Å². The normalized spacial score (nSPS) is 10.2. The largest absolute Gasteiger partial charge is 0.497 e. The molecule has 0 spiro atoms. The number of methoxy groups -OCH3 is 1. The second-order valence-electron chi connectivity index (χ2n) is 3.10. The molecular formula is C11H12F2O2S. The van der Waals surface area contributed by atoms with Gasteiger partial charge in [-0.25, -0.2) is 8.78 Å². The zero-order valence-electron chi connectivity index (χ0n) is 8.78. The maximum absolute atomic E-state index is 11.9. The lowest BCUT2D eigenvalue weighted by Gasteiger charge is -2.07. The number of alkyl halides is 2. The van der Waals surface area contributed by atoms with E-state index < -0.39 is 12.8 Å². The van der Waals surface area contributed by atoms with Crippen LogP contribution in [0, 0.1) is 0 Å². The minimum absolute atomic E-state index is 0.0641. The van der Waals surface area contributed by atoms with E-state index in [4.69, 9.17) is 9.47 Å². The Bertz CT molecular complexity index is 338. The van der Waals surface area contributed by atoms with Crippen molar-refractivity contribution in [2.45, 2.75) is 19.5 Å². The molecule has 1 aromatic rings. The Balaban J connectivity index is 2.39. The molecule has 2 nitrogen and oxygen atoms in total. The number of benzene rings is 1. The average Bonchev–Trinajstić information content (AvgIpc) is 2.26. The van der Waals surface area contributed by atoms with Crippen LogP contribution in [-0.2, 0) is 11.3 Å². The first-order valence-electron chi connectivity index (χ1n) is 4.68. The molecule has 0 amide bonds. The summed E-state index contributed by atoms with van der Waals surface area (Å²) in [6.07, 6.45) is -2.95. The number of hydrogen-bond donors (Lipinski definition) is 0. The predicted octanol–water partition coefficient (Wildman–Crippen LogP) is 3.19. The van der Waals surface area contributed by atoms with Gasteiger partial charge in [0.25, 0.3) is 0 Å². The van der Waals surface area contributed by atoms with Gasteiger partial charge in [-0.05, 0) is 29.9 Å². The van der Waals surface area contributed by atoms with Gasteiger partial charge in [-0.2, -0.15) is 0 Å². The molecule has 0 atom stereocenters. The Morgan fingerprint density at radius 1 is 1.31 bits per heavy atom. The summed E-state index contributed by atoms with van der Waals surface area (Å²) in [4.78, 5) is 0. The summed E-state index contributed by atoms with van der Waals surface area (Å²) in [5.74, 6) is 0.735. The van der Waals surface area contributed by atoms with Crippen molar-refractivity contribution in [1.82, 2.24) is 0 Å². The Hall–Kier alpha value is -1.23. The molecule has 0 aliphatic carbocycles. The SMILES string of the molecule is COc1ccc(COC(=S)CC(F)F)cc1. The van der Waals surface area contributed by atoms with E-state index in [0.717, 1.165) is 11.3 Å². The maximum atomic E-state index is 11.9. The molecule has 88 valence electrons. The third-order valence-corrected chi connectivity index (χ3v) is 2.16. The van der Waals surface area contributed by atoms with Gasteiger partial charge in [0, 0.05) is 0 Å². The third kappa shape index (κ3) is 4.53. The molecule has 16 heavy (non-hydrogen) atoms. The summed E-state index contributed by atoms with van der Waals surface area (Å²) in [6.45, 7) is 0.204. The molecule has 5 heteroatoms. The summed E-state index contributed by atoms with van der Waals surface area (Å²) in [5.41, 5.74) is 0.859. The summed E-state index contributed by atoms with van der Waals surface area (Å²) >= 11 is 4.65. The third-order valence-electron chi connectivity index (χ3n) is 1.88. The molecule has 0 radical (unpaired) electrons. The highest BCUT2D eigenvalue weighted by molar-refractivity contribution is 7.80. The van der Waals surface area contributed by atoms with E-state index in [1.807, 2.05) is 0 Å². The fourth-order valence-corrected chi connectivity index (χ4v) is 1.26. The molecule has 0 saturated carbocycles. The number of halogens is 2. The van der Waals surface area contributed by atoms with Crippen LogP contribution in [0.3, 0.4) is 0 Å². The predicted molar refractivity (Wildman–Crippen MR) is 61.0 cm³/mol. The molecule has 0 N–H and O–H groups in total. The van der Waals surface area contributed by atoms with Crippen molar-refractivity contribution < 1.29 is 18.3 Å². The lowest BCUT2D eigenvalue weighted by molar-refractivity contribution is 0.146. The van der Waals surface area contributed by atoms with Gasteiger partial charge in [0.15, 0.2) is 5.05 Å². The molecule has 0 unspecified atom stereocenters. The topological polar surface area (TPSA) is 18.5 Å². The van der Waals surface area contributed by atoms with Gasteiger partial charge in [-0.1, -0.05) is 12.1 Å². The van der Waals surface area contributed by atoms with Gasteiger partial charge in [-0.3, -0.25) is 0 Å². The van der Waals surface area contributed by atoms with Crippen LogP contribution in [0.15, 0.2) is 24.3 Å². The van der Waals surface area contributed by atoms with Gasteiger partial charge in [-0.15, -0.1) is 0 Å². The quantitative estimate of drug-likeness (QED) is 0.743. The van der Waals surface area contributed by atoms with E-state index in [-0.39, 0.29) is 11.7 Å². The van der Waals surface area contributed by atoms with Crippen LogP contribution in [0.1, 0.15) is 12.0 Å². The lowest BCUT2D eigenvalue weighted by atomic mass is 10.2. The van der Waals surface area contributed by atoms with Gasteiger partial charge in [0.05, 0.1) is 13.5 Å². The highest BCUT2D eigenvalue weighted by atomic mass is 32.1. The standard InChI is InChI=1S/C11H12F2O2S/c1-14-9-4-2-8(3-5-9)7-15-11(16)6-10(12)13/h2-5,10H,6-7H2,1H3. The average molecular weight is 246 g/mol. The monoisotopic (exact) mass is 246 g/mol. The molecule has 0 saturated heterocycles. The zero-order chi connectivity index (χ0) is 12.0. The van der Waals surface area contributed by atoms with Gasteiger partial charge >= 0.3 is 0 Å². The Labute approximate surface area is 98.2 Å². The van der Waals surface area contributed by atoms with E-state index in [1.54, 1.807) is 31.4 Å². The first-order chi connectivity index (χ1) is 7.61. The van der Waals surface area contributed by atoms with Gasteiger partial charge in [0.2, 0.25) is 6.43 Å². The van der Waals surface area contributed by atoms with E-state index in [0.29, 0.717) is 0 Å². The van der Waals surface area contributed by atoms with Gasteiger partial charge < -0.3 is 9.47 Å². The highest BCUT2D eigenvalue weighted by Crippen LogP contribution is 2.12. The summed E-state index contributed by atoms with van der Waals surface area (Å²) in [6, 6.07) is 7.14. The summed E-state index contributed by atoms with van der Waals surface area (Å²) in [5, 5.41) is -0.0641. The van der Waals surface area contributed by atoms with Crippen LogP contribution < -0.4 is 4.74 Å². The Kier molecular flexibility index (Phi) is 5.11. The summed E-state index contributed by atoms with van der Waals surface area (Å²) in [7, 11) is 1.57. The Morgan fingerprint density at radius 3 is 2.44 bits per heavy atom. The second kappa shape index (κ2) is 6.37. The van der Waals surface area contributed by atoms with Crippen molar-refractivity contribution in [3.05, 3.63) is 29.8 Å². The van der Waals surface area contributed by atoms with Crippen LogP contribution in [-0.4, -0.2) is 18.6 Å². The highest BCUT2D eigenvalue weighted by Gasteiger charge is 2.08. The molecule has 0 heterocycles. The number of rotatable bonds is 5. The fraction of sp³-hybridized carbons (Fsp3) is 0.364. The minimum Gasteiger partial charge on any atom is -0.497 e. The molecule has 1 rings (SSSR count). The zero-order valence-corrected chi connectivity index (χ0v) is 9.60. The second-order valence-corrected chi connectivity index (χ2v) is 3.56. The molecule has 0 aliphatic heterocycles. The van der Waals surface area contributed by atoms with Crippen LogP contribution in [0.25, 0.3) is 0 Å². The van der Waals surface area contributed by atoms with Crippen molar-refractivity contribution in [2.75, 3.05) is 7.11 Å². The first kappa shape index (κ1) is 12.8. The molecule has 0 bridgehead atoms. The van der Waals surface area contributed by atoms with Crippen molar-refractivity contribution in [2.24, 2.45) is 0 Å². The lowest BCUT2D eigenvalue weighted by Crippen LogP contribution is -2.06. The van der Waals surface area contributed by atoms with Crippen LogP contribution in [0.5, 0.6) is 5.75 Å². The number of thiocarbonyl (C=S) groups is 1. The molecule has 0 aromatic heterocycles. The maximum Gasteiger partial charge on any atom is 0.246 e. The molecule has 0 fully saturated rings. The van der Waals surface area contributed by atoms with Crippen molar-refractivity contribution >= 4 is 17.3 Å². The molecular weight excluding hydrogens is 234 g/mol. The smallest absolute Gasteiger partial charge is 0.246 e. The van der Waals surface area contributed by atoms with Crippen LogP contribution >= 0.6 is 12.2 Å². The Morgan fingerprint density at radius 2 is 1.94 bits per heavy atom. The van der Waals surface area contributed by atoms with E-state index in [2.05, 4.69) is 12.2 Å². The summed E-state index contributed by atoms with van der Waals surface area (Å²) < 4.78 is 33.9. The van der Waals surface area contributed by atoms with Crippen molar-refractivity contribution in [3.8, 4) is 5.75 Å². The molecule has 0 aliphatic rings. The van der Waals surface area contributed by atoms with Crippen LogP contribution in [0.4, 0.5) is 8.78 Å². The minimum atomic E-state index is -2.46. The van der Waals surface area contributed by atoms with Crippen molar-refractivity contribution in [3.63, 3.8) is 0 Å². The van der Waals surface area contributed by atoms with Crippen LogP contribution in [0.2, 0.25) is 0 Å². The molecule has 1 aromatic carbocycles. The number of ether oxygens (including phenoxy) is 2. The van der Waals surface area contributed by atoms with E-state index in [9.17, 15) is 8.78 Å². The fourth-order valence-electron chi connectivity index (χ4n) is 1.07. The number of hydrogen-bond acceptors (Lipinski definition) is 3.